The van der Waals surface area contributed by atoms with Crippen LogP contribution < -0.4 is 11.1 Å². The topological polar surface area (TPSA) is 106 Å². The first-order valence-corrected chi connectivity index (χ1v) is 14.6. The van der Waals surface area contributed by atoms with Crippen molar-refractivity contribution in [1.82, 2.24) is 19.9 Å². The molecular formula is C33H47N5O2. The highest BCUT2D eigenvalue weighted by Gasteiger charge is 2.39. The number of nitrogens with one attached hydrogen (secondary N) is 1. The number of aromatic hydroxyl groups is 1. The van der Waals surface area contributed by atoms with Crippen molar-refractivity contribution in [2.45, 2.75) is 105 Å². The summed E-state index contributed by atoms with van der Waals surface area (Å²) in [5, 5.41) is 14.2. The summed E-state index contributed by atoms with van der Waals surface area (Å²) in [5.74, 6) is 1.73. The van der Waals surface area contributed by atoms with Crippen LogP contribution in [0.2, 0.25) is 0 Å². The van der Waals surface area contributed by atoms with Gasteiger partial charge in [0.25, 0.3) is 0 Å². The second kappa shape index (κ2) is 12.3. The van der Waals surface area contributed by atoms with Crippen LogP contribution in [0.4, 0.5) is 5.82 Å². The van der Waals surface area contributed by atoms with Gasteiger partial charge in [-0.1, -0.05) is 72.2 Å². The van der Waals surface area contributed by atoms with Crippen LogP contribution in [-0.4, -0.2) is 31.1 Å². The molecule has 216 valence electrons. The average molecular weight is 546 g/mol. The lowest BCUT2D eigenvalue weighted by molar-refractivity contribution is -0.123. The van der Waals surface area contributed by atoms with E-state index in [2.05, 4.69) is 62.7 Å². The minimum Gasteiger partial charge on any atom is -0.508 e. The number of hydrogen-bond acceptors (Lipinski definition) is 5. The number of phenols is 1. The Labute approximate surface area is 239 Å². The molecule has 4 rings (SSSR count). The van der Waals surface area contributed by atoms with Gasteiger partial charge in [0.05, 0.1) is 11.0 Å². The Morgan fingerprint density at radius 1 is 1.05 bits per heavy atom. The Morgan fingerprint density at radius 2 is 1.75 bits per heavy atom. The normalized spacial score (nSPS) is 11.9. The van der Waals surface area contributed by atoms with Crippen LogP contribution in [-0.2, 0) is 23.2 Å². The molecule has 4 aromatic rings. The number of amides is 1. The highest BCUT2D eigenvalue weighted by molar-refractivity contribution is 6.06. The first kappa shape index (κ1) is 30.9. The molecule has 1 amide bonds. The first-order valence-electron chi connectivity index (χ1n) is 14.6. The Balaban J connectivity index is 0.00000216. The third kappa shape index (κ3) is 5.93. The molecule has 0 aliphatic heterocycles. The van der Waals surface area contributed by atoms with E-state index in [1.54, 1.807) is 6.07 Å². The molecule has 0 saturated carbocycles. The van der Waals surface area contributed by atoms with Gasteiger partial charge in [0.1, 0.15) is 17.1 Å². The van der Waals surface area contributed by atoms with Crippen molar-refractivity contribution >= 4 is 33.7 Å². The molecule has 2 aromatic carbocycles. The minimum atomic E-state index is -0.477. The molecular weight excluding hydrogens is 498 g/mol. The number of nitrogens with two attached hydrogens (primary N) is 1. The number of carbonyl (C=O) groups is 1. The summed E-state index contributed by atoms with van der Waals surface area (Å²) in [6.07, 6.45) is 3.39. The fraction of sp³-hybridized carbons (Fsp3) is 0.485. The molecule has 2 heterocycles. The summed E-state index contributed by atoms with van der Waals surface area (Å²) in [6, 6.07) is 12.1. The molecule has 0 spiro atoms. The van der Waals surface area contributed by atoms with Crippen molar-refractivity contribution < 1.29 is 9.90 Å². The molecule has 0 aliphatic rings. The van der Waals surface area contributed by atoms with Crippen LogP contribution in [0.25, 0.3) is 21.9 Å². The molecule has 40 heavy (non-hydrogen) atoms. The number of pyridine rings is 1. The van der Waals surface area contributed by atoms with E-state index >= 15 is 0 Å². The van der Waals surface area contributed by atoms with Crippen LogP contribution in [0.5, 0.6) is 5.75 Å². The minimum absolute atomic E-state index is 0.0286. The van der Waals surface area contributed by atoms with E-state index in [0.29, 0.717) is 24.5 Å². The van der Waals surface area contributed by atoms with Crippen LogP contribution >= 0.6 is 0 Å². The van der Waals surface area contributed by atoms with E-state index in [9.17, 15) is 9.90 Å². The third-order valence-corrected chi connectivity index (χ3v) is 8.20. The smallest absolute Gasteiger partial charge is 0.220 e. The first-order chi connectivity index (χ1) is 18.9. The lowest BCUT2D eigenvalue weighted by Gasteiger charge is -2.43. The van der Waals surface area contributed by atoms with Gasteiger partial charge in [-0.05, 0) is 56.0 Å². The van der Waals surface area contributed by atoms with Gasteiger partial charge in [-0.15, -0.1) is 0 Å². The Kier molecular flexibility index (Phi) is 9.49. The van der Waals surface area contributed by atoms with Gasteiger partial charge in [0.15, 0.2) is 5.82 Å². The van der Waals surface area contributed by atoms with E-state index in [0.717, 1.165) is 63.7 Å². The lowest BCUT2D eigenvalue weighted by atomic mass is 9.69. The van der Waals surface area contributed by atoms with Crippen molar-refractivity contribution in [3.8, 4) is 5.75 Å². The zero-order valence-electron chi connectivity index (χ0n) is 25.8. The van der Waals surface area contributed by atoms with Gasteiger partial charge in [0, 0.05) is 35.7 Å². The summed E-state index contributed by atoms with van der Waals surface area (Å²) in [6.45, 7) is 19.0. The van der Waals surface area contributed by atoms with E-state index in [-0.39, 0.29) is 11.3 Å². The van der Waals surface area contributed by atoms with Gasteiger partial charge in [-0.25, -0.2) is 9.97 Å². The van der Waals surface area contributed by atoms with Crippen molar-refractivity contribution in [3.05, 3.63) is 58.9 Å². The highest BCUT2D eigenvalue weighted by Crippen LogP contribution is 2.38. The number of anilines is 1. The second-order valence-corrected chi connectivity index (χ2v) is 11.4. The second-order valence-electron chi connectivity index (χ2n) is 11.4. The number of carbonyl (C=O) groups excluding carboxylic acids is 1. The fourth-order valence-electron chi connectivity index (χ4n) is 5.00. The molecule has 0 radical (unpaired) electrons. The summed E-state index contributed by atoms with van der Waals surface area (Å²) in [7, 11) is 0. The maximum absolute atomic E-state index is 12.2. The predicted octanol–water partition coefficient (Wildman–Crippen LogP) is 7.18. The number of rotatable bonds is 9. The van der Waals surface area contributed by atoms with Crippen molar-refractivity contribution in [3.63, 3.8) is 0 Å². The van der Waals surface area contributed by atoms with Gasteiger partial charge in [0.2, 0.25) is 5.91 Å². The van der Waals surface area contributed by atoms with E-state index in [1.807, 2.05) is 39.8 Å². The van der Waals surface area contributed by atoms with E-state index < -0.39 is 5.54 Å². The van der Waals surface area contributed by atoms with Gasteiger partial charge < -0.3 is 20.7 Å². The molecule has 7 nitrogen and oxygen atoms in total. The molecule has 0 unspecified atom stereocenters. The number of phenolic OH excluding ortho intramolecular Hbond substituents is 1. The zero-order chi connectivity index (χ0) is 29.8. The summed E-state index contributed by atoms with van der Waals surface area (Å²) < 4.78 is 2.26. The van der Waals surface area contributed by atoms with Crippen molar-refractivity contribution in [2.24, 2.45) is 0 Å². The van der Waals surface area contributed by atoms with Crippen molar-refractivity contribution in [2.75, 3.05) is 5.73 Å². The summed E-state index contributed by atoms with van der Waals surface area (Å²) >= 11 is 0. The number of fused-ring (bicyclic) bond motifs is 3. The molecule has 0 bridgehead atoms. The molecule has 0 atom stereocenters. The van der Waals surface area contributed by atoms with Gasteiger partial charge in [-0.3, -0.25) is 4.79 Å². The highest BCUT2D eigenvalue weighted by atomic mass is 16.3. The summed E-state index contributed by atoms with van der Waals surface area (Å²) in [4.78, 5) is 22.0. The maximum atomic E-state index is 12.2. The zero-order valence-corrected chi connectivity index (χ0v) is 25.8. The number of imidazole rings is 1. The Bertz CT molecular complexity index is 1500. The number of aromatic nitrogens is 3. The largest absolute Gasteiger partial charge is 0.508 e. The number of nitrogens with zero attached hydrogens (tertiary/aromatic N) is 3. The lowest BCUT2D eigenvalue weighted by Crippen LogP contribution is -2.55. The number of nitrogen functional groups attached to an aromatic ring is 1. The number of benzene rings is 2. The van der Waals surface area contributed by atoms with Gasteiger partial charge in [-0.2, -0.15) is 0 Å². The number of unbranched alkanes of at least 4 members (excludes halogenated alkanes) is 1. The van der Waals surface area contributed by atoms with Crippen molar-refractivity contribution in [1.29, 1.82) is 0 Å². The Morgan fingerprint density at radius 3 is 2.38 bits per heavy atom. The predicted molar refractivity (Wildman–Crippen MR) is 167 cm³/mol. The molecule has 0 aliphatic carbocycles. The van der Waals surface area contributed by atoms with Crippen LogP contribution in [0.1, 0.15) is 97.2 Å². The molecule has 4 N–H and O–H groups in total. The standard InChI is InChI=1S/C31H41N5O2.C2H6/c1-8-10-11-25-34-27-28(36(25)18-20-12-15-24(37)19(3)16-20)22-14-13-21(17-23(22)33-29(27)32)30(4,5)31(6,7)35-26(38)9-2;1-2/h12-17,37H,8-11,18H2,1-7H3,(H2,32,33)(H,35,38);1-2H3. The number of hydrogen-bond donors (Lipinski definition) is 3. The van der Waals surface area contributed by atoms with Gasteiger partial charge >= 0.3 is 0 Å². The van der Waals surface area contributed by atoms with Crippen LogP contribution in [0.3, 0.4) is 0 Å². The van der Waals surface area contributed by atoms with E-state index in [1.165, 1.54) is 0 Å². The number of aryl methyl sites for hydroxylation is 2. The van der Waals surface area contributed by atoms with Crippen LogP contribution in [0, 0.1) is 6.92 Å². The fourth-order valence-corrected chi connectivity index (χ4v) is 5.00. The Hall–Kier alpha value is -3.61. The monoisotopic (exact) mass is 545 g/mol. The molecule has 0 fully saturated rings. The van der Waals surface area contributed by atoms with Crippen LogP contribution in [0.15, 0.2) is 36.4 Å². The molecule has 7 heteroatoms. The average Bonchev–Trinajstić information content (AvgIpc) is 3.28. The molecule has 0 saturated heterocycles. The molecule has 2 aromatic heterocycles. The summed E-state index contributed by atoms with van der Waals surface area (Å²) in [5.41, 5.74) is 11.2. The third-order valence-electron chi connectivity index (χ3n) is 8.20. The SMILES string of the molecule is CC.CCCCc1nc2c(N)nc3cc(C(C)(C)C(C)(C)NC(=O)CC)ccc3c2n1Cc1ccc(O)c(C)c1. The maximum Gasteiger partial charge on any atom is 0.220 e. The van der Waals surface area contributed by atoms with E-state index in [4.69, 9.17) is 15.7 Å². The quantitative estimate of drug-likeness (QED) is 0.207.